The fourth-order valence-corrected chi connectivity index (χ4v) is 2.33. The zero-order valence-electron chi connectivity index (χ0n) is 9.31. The third-order valence-electron chi connectivity index (χ3n) is 2.52. The molecule has 2 rings (SSSR count). The molecule has 1 aromatic carbocycles. The molecule has 0 amide bonds. The summed E-state index contributed by atoms with van der Waals surface area (Å²) in [6, 6.07) is 9.33. The maximum absolute atomic E-state index is 11.9. The molecule has 1 aromatic rings. The van der Waals surface area contributed by atoms with E-state index < -0.39 is 0 Å². The van der Waals surface area contributed by atoms with E-state index in [9.17, 15) is 4.79 Å². The van der Waals surface area contributed by atoms with Crippen LogP contribution in [-0.4, -0.2) is 17.7 Å². The smallest absolute Gasteiger partial charge is 0.188 e. The van der Waals surface area contributed by atoms with Crippen molar-refractivity contribution in [2.24, 2.45) is 0 Å². The highest BCUT2D eigenvalue weighted by Crippen LogP contribution is 2.32. The lowest BCUT2D eigenvalue weighted by Gasteiger charge is -2.13. The molecule has 3 heteroatoms. The zero-order chi connectivity index (χ0) is 11.5. The summed E-state index contributed by atoms with van der Waals surface area (Å²) in [5, 5.41) is 3.02. The summed E-state index contributed by atoms with van der Waals surface area (Å²) in [5.41, 5.74) is 1.89. The molecule has 1 aliphatic rings. The summed E-state index contributed by atoms with van der Waals surface area (Å²) in [5.74, 6) is 0.0538. The average molecular weight is 231 g/mol. The Morgan fingerprint density at radius 2 is 2.00 bits per heavy atom. The molecule has 0 saturated carbocycles. The molecule has 16 heavy (non-hydrogen) atoms. The van der Waals surface area contributed by atoms with Gasteiger partial charge in [-0.1, -0.05) is 42.1 Å². The molecule has 0 fully saturated rings. The highest BCUT2D eigenvalue weighted by molar-refractivity contribution is 8.06. The Morgan fingerprint density at radius 1 is 1.31 bits per heavy atom. The van der Waals surface area contributed by atoms with E-state index in [0.29, 0.717) is 0 Å². The summed E-state index contributed by atoms with van der Waals surface area (Å²) in [4.78, 5) is 13.9. The van der Waals surface area contributed by atoms with Crippen molar-refractivity contribution in [1.82, 2.24) is 4.90 Å². The van der Waals surface area contributed by atoms with Crippen LogP contribution in [0.25, 0.3) is 0 Å². The lowest BCUT2D eigenvalue weighted by Crippen LogP contribution is -2.10. The van der Waals surface area contributed by atoms with Gasteiger partial charge in [0, 0.05) is 24.4 Å². The minimum absolute atomic E-state index is 0.0538. The summed E-state index contributed by atoms with van der Waals surface area (Å²) >= 11 is 1.59. The SMILES string of the molecule is CC1=CSC(=CC(=O)c2ccccc2)N1C. The van der Waals surface area contributed by atoms with Crippen LogP contribution in [-0.2, 0) is 0 Å². The molecule has 1 aliphatic heterocycles. The second kappa shape index (κ2) is 4.58. The Balaban J connectivity index is 2.18. The number of nitrogens with zero attached hydrogens (tertiary/aromatic N) is 1. The number of benzene rings is 1. The molecule has 2 nitrogen and oxygen atoms in total. The van der Waals surface area contributed by atoms with Crippen molar-refractivity contribution in [1.29, 1.82) is 0 Å². The summed E-state index contributed by atoms with van der Waals surface area (Å²) in [6.07, 6.45) is 1.69. The van der Waals surface area contributed by atoms with Crippen LogP contribution in [0.3, 0.4) is 0 Å². The molecule has 1 heterocycles. The van der Waals surface area contributed by atoms with Crippen LogP contribution in [0.5, 0.6) is 0 Å². The van der Waals surface area contributed by atoms with Crippen molar-refractivity contribution in [2.45, 2.75) is 6.92 Å². The van der Waals surface area contributed by atoms with Gasteiger partial charge in [-0.15, -0.1) is 0 Å². The molecule has 0 bridgehead atoms. The van der Waals surface area contributed by atoms with E-state index in [1.54, 1.807) is 17.8 Å². The van der Waals surface area contributed by atoms with Crippen LogP contribution >= 0.6 is 11.8 Å². The van der Waals surface area contributed by atoms with Crippen molar-refractivity contribution in [2.75, 3.05) is 7.05 Å². The minimum Gasteiger partial charge on any atom is -0.342 e. The van der Waals surface area contributed by atoms with Crippen molar-refractivity contribution in [3.63, 3.8) is 0 Å². The Labute approximate surface area is 99.6 Å². The van der Waals surface area contributed by atoms with E-state index >= 15 is 0 Å². The molecule has 0 spiro atoms. The number of hydrogen-bond donors (Lipinski definition) is 0. The van der Waals surface area contributed by atoms with Gasteiger partial charge in [-0.05, 0) is 12.3 Å². The first-order valence-electron chi connectivity index (χ1n) is 5.07. The van der Waals surface area contributed by atoms with Gasteiger partial charge in [-0.2, -0.15) is 0 Å². The Kier molecular flexibility index (Phi) is 3.15. The van der Waals surface area contributed by atoms with Gasteiger partial charge in [0.1, 0.15) is 0 Å². The Hall–Kier alpha value is -1.48. The molecular formula is C13H13NOS. The van der Waals surface area contributed by atoms with Gasteiger partial charge in [0.05, 0.1) is 5.03 Å². The molecule has 0 aliphatic carbocycles. The van der Waals surface area contributed by atoms with Crippen LogP contribution < -0.4 is 0 Å². The van der Waals surface area contributed by atoms with Gasteiger partial charge in [0.25, 0.3) is 0 Å². The maximum Gasteiger partial charge on any atom is 0.188 e. The predicted octanol–water partition coefficient (Wildman–Crippen LogP) is 3.25. The lowest BCUT2D eigenvalue weighted by molar-refractivity contribution is 0.104. The van der Waals surface area contributed by atoms with E-state index in [2.05, 4.69) is 0 Å². The first-order chi connectivity index (χ1) is 7.68. The summed E-state index contributed by atoms with van der Waals surface area (Å²) in [7, 11) is 1.97. The van der Waals surface area contributed by atoms with E-state index in [4.69, 9.17) is 0 Å². The van der Waals surface area contributed by atoms with Crippen LogP contribution in [0.2, 0.25) is 0 Å². The third kappa shape index (κ3) is 2.19. The monoisotopic (exact) mass is 231 g/mol. The number of thioether (sulfide) groups is 1. The van der Waals surface area contributed by atoms with Crippen molar-refractivity contribution in [3.05, 3.63) is 58.1 Å². The van der Waals surface area contributed by atoms with Crippen molar-refractivity contribution >= 4 is 17.5 Å². The van der Waals surface area contributed by atoms with Gasteiger partial charge >= 0.3 is 0 Å². The number of rotatable bonds is 2. The molecule has 0 aromatic heterocycles. The number of carbonyl (C=O) groups is 1. The van der Waals surface area contributed by atoms with Crippen LogP contribution in [0.4, 0.5) is 0 Å². The molecule has 82 valence electrons. The van der Waals surface area contributed by atoms with E-state index in [1.165, 1.54) is 0 Å². The lowest BCUT2D eigenvalue weighted by atomic mass is 10.1. The van der Waals surface area contributed by atoms with Crippen molar-refractivity contribution in [3.8, 4) is 0 Å². The largest absolute Gasteiger partial charge is 0.342 e. The van der Waals surface area contributed by atoms with Crippen LogP contribution in [0.15, 0.2) is 52.5 Å². The fraction of sp³-hybridized carbons (Fsp3) is 0.154. The summed E-state index contributed by atoms with van der Waals surface area (Å²) in [6.45, 7) is 2.03. The average Bonchev–Trinajstić information content (AvgIpc) is 2.62. The minimum atomic E-state index is 0.0538. The van der Waals surface area contributed by atoms with E-state index in [-0.39, 0.29) is 5.78 Å². The molecule has 0 atom stereocenters. The van der Waals surface area contributed by atoms with Gasteiger partial charge < -0.3 is 4.90 Å². The molecule has 0 saturated heterocycles. The zero-order valence-corrected chi connectivity index (χ0v) is 10.1. The second-order valence-corrected chi connectivity index (χ2v) is 4.54. The van der Waals surface area contributed by atoms with Gasteiger partial charge in [-0.3, -0.25) is 4.79 Å². The third-order valence-corrected chi connectivity index (χ3v) is 3.61. The first kappa shape index (κ1) is 11.0. The van der Waals surface area contributed by atoms with Crippen LogP contribution in [0.1, 0.15) is 17.3 Å². The second-order valence-electron chi connectivity index (χ2n) is 3.65. The molecule has 0 N–H and O–H groups in total. The topological polar surface area (TPSA) is 20.3 Å². The van der Waals surface area contributed by atoms with Gasteiger partial charge in [-0.25, -0.2) is 0 Å². The standard InChI is InChI=1S/C13H13NOS/c1-10-9-16-13(14(10)2)8-12(15)11-6-4-3-5-7-11/h3-9H,1-2H3. The van der Waals surface area contributed by atoms with Crippen molar-refractivity contribution < 1.29 is 4.79 Å². The van der Waals surface area contributed by atoms with E-state index in [1.807, 2.05) is 54.6 Å². The highest BCUT2D eigenvalue weighted by Gasteiger charge is 2.15. The normalized spacial score (nSPS) is 17.8. The molecule has 0 unspecified atom stereocenters. The number of hydrogen-bond acceptors (Lipinski definition) is 3. The number of allylic oxidation sites excluding steroid dienone is 2. The number of carbonyl (C=O) groups excluding carboxylic acids is 1. The maximum atomic E-state index is 11.9. The number of ketones is 1. The van der Waals surface area contributed by atoms with Gasteiger partial charge in [0.15, 0.2) is 5.78 Å². The van der Waals surface area contributed by atoms with E-state index in [0.717, 1.165) is 16.3 Å². The quantitative estimate of drug-likeness (QED) is 0.575. The Morgan fingerprint density at radius 3 is 2.56 bits per heavy atom. The van der Waals surface area contributed by atoms with Gasteiger partial charge in [0.2, 0.25) is 0 Å². The Bertz CT molecular complexity index is 462. The molecular weight excluding hydrogens is 218 g/mol. The van der Waals surface area contributed by atoms with Crippen LogP contribution in [0, 0.1) is 0 Å². The summed E-state index contributed by atoms with van der Waals surface area (Å²) < 4.78 is 0. The predicted molar refractivity (Wildman–Crippen MR) is 68.0 cm³/mol. The fourth-order valence-electron chi connectivity index (χ4n) is 1.41. The molecule has 0 radical (unpaired) electrons. The first-order valence-corrected chi connectivity index (χ1v) is 5.94. The highest BCUT2D eigenvalue weighted by atomic mass is 32.2.